The normalized spacial score (nSPS) is 12.9. The van der Waals surface area contributed by atoms with Crippen LogP contribution in [0, 0.1) is 0 Å². The van der Waals surface area contributed by atoms with Gasteiger partial charge >= 0.3 is 6.09 Å². The molecule has 0 heterocycles. The lowest BCUT2D eigenvalue weighted by Gasteiger charge is -2.15. The summed E-state index contributed by atoms with van der Waals surface area (Å²) < 4.78 is 28.9. The van der Waals surface area contributed by atoms with Crippen molar-refractivity contribution in [2.75, 3.05) is 11.9 Å². The molecule has 5 nitrogen and oxygen atoms in total. The number of halogens is 2. The molecule has 0 aliphatic heterocycles. The highest BCUT2D eigenvalue weighted by Gasteiger charge is 2.29. The van der Waals surface area contributed by atoms with Crippen LogP contribution < -0.4 is 5.32 Å². The highest BCUT2D eigenvalue weighted by Crippen LogP contribution is 2.44. The first kappa shape index (κ1) is 19.8. The summed E-state index contributed by atoms with van der Waals surface area (Å²) in [6.45, 7) is 0.108. The van der Waals surface area contributed by atoms with Gasteiger partial charge in [-0.2, -0.15) is 0 Å². The Morgan fingerprint density at radius 3 is 2.14 bits per heavy atom. The third-order valence-electron chi connectivity index (χ3n) is 4.79. The zero-order chi connectivity index (χ0) is 20.6. The minimum atomic E-state index is -4.09. The van der Waals surface area contributed by atoms with Gasteiger partial charge in [0.25, 0.3) is 9.05 Å². The lowest BCUT2D eigenvalue weighted by Crippen LogP contribution is -2.18. The van der Waals surface area contributed by atoms with Gasteiger partial charge in [0, 0.05) is 21.6 Å². The van der Waals surface area contributed by atoms with E-state index in [1.54, 1.807) is 0 Å². The van der Waals surface area contributed by atoms with Gasteiger partial charge in [-0.1, -0.05) is 60.1 Å². The number of benzene rings is 3. The van der Waals surface area contributed by atoms with Crippen LogP contribution in [0.1, 0.15) is 17.0 Å². The van der Waals surface area contributed by atoms with Crippen LogP contribution in [-0.4, -0.2) is 21.1 Å². The summed E-state index contributed by atoms with van der Waals surface area (Å²) in [6.07, 6.45) is -0.782. The topological polar surface area (TPSA) is 72.5 Å². The Morgan fingerprint density at radius 2 is 1.55 bits per heavy atom. The monoisotopic (exact) mass is 447 g/mol. The molecule has 0 unspecified atom stereocenters. The number of carbonyl (C=O) groups is 1. The van der Waals surface area contributed by atoms with Crippen molar-refractivity contribution in [3.05, 3.63) is 82.9 Å². The first-order chi connectivity index (χ1) is 13.8. The van der Waals surface area contributed by atoms with Crippen molar-refractivity contribution in [1.29, 1.82) is 0 Å². The standard InChI is InChI=1S/C21H15Cl2NO4S/c22-13-9-10-19(20(11-13)29(23,26)27)24-21(25)28-12-18-16-7-3-1-5-14(16)15-6-2-4-8-17(15)18/h1-11,18H,12H2,(H,24,25). The van der Waals surface area contributed by atoms with Crippen molar-refractivity contribution in [3.63, 3.8) is 0 Å². The molecule has 8 heteroatoms. The van der Waals surface area contributed by atoms with Crippen molar-refractivity contribution in [3.8, 4) is 11.1 Å². The molecule has 0 spiro atoms. The first-order valence-electron chi connectivity index (χ1n) is 8.71. The average Bonchev–Trinajstić information content (AvgIpc) is 3.01. The largest absolute Gasteiger partial charge is 0.448 e. The van der Waals surface area contributed by atoms with E-state index in [-0.39, 0.29) is 28.1 Å². The molecule has 0 aromatic heterocycles. The Bertz CT molecular complexity index is 1170. The van der Waals surface area contributed by atoms with Gasteiger partial charge in [0.1, 0.15) is 11.5 Å². The number of nitrogens with one attached hydrogen (secondary N) is 1. The summed E-state index contributed by atoms with van der Waals surface area (Å²) >= 11 is 5.84. The molecule has 29 heavy (non-hydrogen) atoms. The fourth-order valence-corrected chi connectivity index (χ4v) is 4.81. The molecular weight excluding hydrogens is 433 g/mol. The minimum Gasteiger partial charge on any atom is -0.448 e. The van der Waals surface area contributed by atoms with Crippen LogP contribution in [0.2, 0.25) is 5.02 Å². The molecule has 4 rings (SSSR count). The van der Waals surface area contributed by atoms with E-state index in [4.69, 9.17) is 27.0 Å². The Labute approximate surface area is 177 Å². The maximum absolute atomic E-state index is 12.4. The van der Waals surface area contributed by atoms with E-state index in [9.17, 15) is 13.2 Å². The average molecular weight is 448 g/mol. The van der Waals surface area contributed by atoms with Gasteiger partial charge in [-0.15, -0.1) is 0 Å². The Kier molecular flexibility index (Phi) is 5.25. The summed E-state index contributed by atoms with van der Waals surface area (Å²) in [5.41, 5.74) is 4.39. The first-order valence-corrected chi connectivity index (χ1v) is 11.4. The van der Waals surface area contributed by atoms with E-state index in [0.717, 1.165) is 22.3 Å². The van der Waals surface area contributed by atoms with Crippen LogP contribution in [0.5, 0.6) is 0 Å². The number of anilines is 1. The summed E-state index contributed by atoms with van der Waals surface area (Å²) in [5, 5.41) is 2.62. The number of amides is 1. The van der Waals surface area contributed by atoms with Crippen molar-refractivity contribution in [2.45, 2.75) is 10.8 Å². The second-order valence-electron chi connectivity index (χ2n) is 6.53. The van der Waals surface area contributed by atoms with E-state index in [2.05, 4.69) is 5.32 Å². The lowest BCUT2D eigenvalue weighted by molar-refractivity contribution is 0.158. The molecule has 1 aliphatic carbocycles. The fourth-order valence-electron chi connectivity index (χ4n) is 3.55. The zero-order valence-corrected chi connectivity index (χ0v) is 17.3. The van der Waals surface area contributed by atoms with Crippen LogP contribution in [0.4, 0.5) is 10.5 Å². The van der Waals surface area contributed by atoms with Gasteiger partial charge in [0.15, 0.2) is 0 Å². The van der Waals surface area contributed by atoms with Crippen LogP contribution in [0.3, 0.4) is 0 Å². The number of carbonyl (C=O) groups excluding carboxylic acids is 1. The second-order valence-corrected chi connectivity index (χ2v) is 9.50. The van der Waals surface area contributed by atoms with E-state index in [0.29, 0.717) is 0 Å². The van der Waals surface area contributed by atoms with Crippen molar-refractivity contribution in [1.82, 2.24) is 0 Å². The summed E-state index contributed by atoms with van der Waals surface area (Å²) in [7, 11) is 1.34. The van der Waals surface area contributed by atoms with Crippen molar-refractivity contribution >= 4 is 43.1 Å². The van der Waals surface area contributed by atoms with Crippen LogP contribution in [0.15, 0.2) is 71.6 Å². The SMILES string of the molecule is O=C(Nc1ccc(Cl)cc1S(=O)(=O)Cl)OCC1c2ccccc2-c2ccccc21. The number of fused-ring (bicyclic) bond motifs is 3. The van der Waals surface area contributed by atoms with Gasteiger partial charge in [0.2, 0.25) is 0 Å². The molecule has 148 valence electrons. The smallest absolute Gasteiger partial charge is 0.411 e. The van der Waals surface area contributed by atoms with Gasteiger partial charge in [-0.3, -0.25) is 5.32 Å². The number of rotatable bonds is 4. The Morgan fingerprint density at radius 1 is 0.966 bits per heavy atom. The van der Waals surface area contributed by atoms with Gasteiger partial charge in [0.05, 0.1) is 5.69 Å². The molecule has 0 saturated heterocycles. The molecular formula is C21H15Cl2NO4S. The second kappa shape index (κ2) is 7.71. The molecule has 1 N–H and O–H groups in total. The van der Waals surface area contributed by atoms with E-state index < -0.39 is 15.1 Å². The van der Waals surface area contributed by atoms with E-state index in [1.165, 1.54) is 18.2 Å². The molecule has 0 bridgehead atoms. The quantitative estimate of drug-likeness (QED) is 0.526. The molecule has 1 aliphatic rings. The zero-order valence-electron chi connectivity index (χ0n) is 14.9. The van der Waals surface area contributed by atoms with Crippen molar-refractivity contribution in [2.24, 2.45) is 0 Å². The van der Waals surface area contributed by atoms with Crippen LogP contribution >= 0.6 is 22.3 Å². The third-order valence-corrected chi connectivity index (χ3v) is 6.38. The minimum absolute atomic E-state index is 0.00150. The fraction of sp³-hybridized carbons (Fsp3) is 0.0952. The molecule has 0 saturated carbocycles. The predicted octanol–water partition coefficient (Wildman–Crippen LogP) is 5.63. The number of hydrogen-bond acceptors (Lipinski definition) is 4. The third kappa shape index (κ3) is 3.96. The van der Waals surface area contributed by atoms with Crippen molar-refractivity contribution < 1.29 is 17.9 Å². The van der Waals surface area contributed by atoms with Crippen LogP contribution in [0.25, 0.3) is 11.1 Å². The number of hydrogen-bond donors (Lipinski definition) is 1. The molecule has 1 amide bonds. The summed E-state index contributed by atoms with van der Waals surface area (Å²) in [6, 6.07) is 19.9. The summed E-state index contributed by atoms with van der Waals surface area (Å²) in [5.74, 6) is -0.102. The molecule has 0 atom stereocenters. The van der Waals surface area contributed by atoms with Crippen LogP contribution in [-0.2, 0) is 13.8 Å². The van der Waals surface area contributed by atoms with Gasteiger partial charge in [-0.25, -0.2) is 13.2 Å². The molecule has 3 aromatic carbocycles. The molecule has 0 radical (unpaired) electrons. The lowest BCUT2D eigenvalue weighted by atomic mass is 9.98. The molecule has 0 fully saturated rings. The maximum Gasteiger partial charge on any atom is 0.411 e. The number of ether oxygens (including phenoxy) is 1. The summed E-state index contributed by atoms with van der Waals surface area (Å²) in [4.78, 5) is 12.1. The van der Waals surface area contributed by atoms with E-state index in [1.807, 2.05) is 48.5 Å². The van der Waals surface area contributed by atoms with E-state index >= 15 is 0 Å². The Balaban J connectivity index is 1.53. The highest BCUT2D eigenvalue weighted by molar-refractivity contribution is 8.13. The maximum atomic E-state index is 12.4. The molecule has 3 aromatic rings. The van der Waals surface area contributed by atoms with Gasteiger partial charge in [-0.05, 0) is 40.5 Å². The van der Waals surface area contributed by atoms with Gasteiger partial charge < -0.3 is 4.74 Å². The highest BCUT2D eigenvalue weighted by atomic mass is 35.7. The predicted molar refractivity (Wildman–Crippen MR) is 113 cm³/mol. The Hall–Kier alpha value is -2.54.